The maximum atomic E-state index is 12.4. The summed E-state index contributed by atoms with van der Waals surface area (Å²) in [5.41, 5.74) is -1.01. The minimum Gasteiger partial charge on any atom is -0.244 e. The molecule has 0 aromatic carbocycles. The van der Waals surface area contributed by atoms with Crippen molar-refractivity contribution < 1.29 is 4.39 Å². The molecule has 44 valence electrons. The van der Waals surface area contributed by atoms with E-state index in [1.165, 1.54) is 11.4 Å². The van der Waals surface area contributed by atoms with Crippen molar-refractivity contribution >= 4 is 19.8 Å². The Kier molecular flexibility index (Phi) is 3.18. The van der Waals surface area contributed by atoms with Gasteiger partial charge in [0.05, 0.1) is 0 Å². The van der Waals surface area contributed by atoms with Crippen molar-refractivity contribution in [2.45, 2.75) is 19.5 Å². The molecule has 0 rings (SSSR count). The maximum Gasteiger partial charge on any atom is 0.114 e. The van der Waals surface area contributed by atoms with E-state index in [4.69, 9.17) is 0 Å². The van der Waals surface area contributed by atoms with Gasteiger partial charge in [-0.25, -0.2) is 4.39 Å². The van der Waals surface area contributed by atoms with Gasteiger partial charge in [0, 0.05) is 5.75 Å². The summed E-state index contributed by atoms with van der Waals surface area (Å²) >= 11 is 1.45. The molecule has 0 nitrogen and oxygen atoms in total. The zero-order valence-corrected chi connectivity index (χ0v) is 6.54. The van der Waals surface area contributed by atoms with Gasteiger partial charge in [-0.15, -0.1) is 11.4 Å². The highest BCUT2D eigenvalue weighted by molar-refractivity contribution is 8.43. The van der Waals surface area contributed by atoms with Gasteiger partial charge in [-0.2, -0.15) is 0 Å². The summed E-state index contributed by atoms with van der Waals surface area (Å²) < 4.78 is 12.4. The van der Waals surface area contributed by atoms with Gasteiger partial charge in [-0.1, -0.05) is 8.44 Å². The molecule has 0 N–H and O–H groups in total. The zero-order chi connectivity index (χ0) is 5.91. The van der Waals surface area contributed by atoms with E-state index in [9.17, 15) is 4.39 Å². The van der Waals surface area contributed by atoms with Crippen LogP contribution in [0, 0.1) is 0 Å². The first-order chi connectivity index (χ1) is 3.06. The molecule has 0 aliphatic heterocycles. The molecule has 0 saturated carbocycles. The Labute approximate surface area is 50.2 Å². The molecule has 0 bridgehead atoms. The average molecular weight is 140 g/mol. The second-order valence-corrected chi connectivity index (χ2v) is 3.65. The Balaban J connectivity index is 3.15. The molecule has 0 aliphatic rings. The SMILES string of the molecule is CC(C)(F)CSP. The molecule has 3 heteroatoms. The van der Waals surface area contributed by atoms with E-state index in [1.54, 1.807) is 13.8 Å². The van der Waals surface area contributed by atoms with Crippen molar-refractivity contribution in [2.75, 3.05) is 5.75 Å². The van der Waals surface area contributed by atoms with Crippen LogP contribution in [0.2, 0.25) is 0 Å². The fourth-order valence-electron chi connectivity index (χ4n) is 0.198. The molecule has 0 saturated heterocycles. The number of hydrogen-bond donors (Lipinski definition) is 0. The van der Waals surface area contributed by atoms with Crippen LogP contribution in [0.1, 0.15) is 13.8 Å². The predicted octanol–water partition coefficient (Wildman–Crippen LogP) is 2.26. The quantitative estimate of drug-likeness (QED) is 0.530. The van der Waals surface area contributed by atoms with Crippen LogP contribution in [0.4, 0.5) is 4.39 Å². The van der Waals surface area contributed by atoms with Gasteiger partial charge in [-0.05, 0) is 13.8 Å². The number of rotatable bonds is 2. The van der Waals surface area contributed by atoms with E-state index in [-0.39, 0.29) is 0 Å². The molecular weight excluding hydrogens is 130 g/mol. The van der Waals surface area contributed by atoms with Crippen LogP contribution in [-0.2, 0) is 0 Å². The van der Waals surface area contributed by atoms with Gasteiger partial charge in [0.15, 0.2) is 0 Å². The zero-order valence-electron chi connectivity index (χ0n) is 4.57. The van der Waals surface area contributed by atoms with Gasteiger partial charge in [-0.3, -0.25) is 0 Å². The largest absolute Gasteiger partial charge is 0.244 e. The molecule has 7 heavy (non-hydrogen) atoms. The van der Waals surface area contributed by atoms with Crippen LogP contribution in [0.15, 0.2) is 0 Å². The second kappa shape index (κ2) is 2.88. The van der Waals surface area contributed by atoms with Crippen molar-refractivity contribution in [1.82, 2.24) is 0 Å². The molecule has 0 spiro atoms. The second-order valence-electron chi connectivity index (χ2n) is 2.03. The van der Waals surface area contributed by atoms with Crippen molar-refractivity contribution in [3.63, 3.8) is 0 Å². The van der Waals surface area contributed by atoms with Gasteiger partial charge >= 0.3 is 0 Å². The third-order valence-corrected chi connectivity index (χ3v) is 1.78. The lowest BCUT2D eigenvalue weighted by atomic mass is 10.2. The van der Waals surface area contributed by atoms with Crippen LogP contribution in [0.5, 0.6) is 0 Å². The number of halogens is 1. The monoisotopic (exact) mass is 140 g/mol. The third-order valence-electron chi connectivity index (χ3n) is 0.427. The molecule has 0 radical (unpaired) electrons. The third kappa shape index (κ3) is 6.71. The van der Waals surface area contributed by atoms with Crippen molar-refractivity contribution in [1.29, 1.82) is 0 Å². The summed E-state index contributed by atoms with van der Waals surface area (Å²) in [4.78, 5) is 0. The Bertz CT molecular complexity index is 50.1. The van der Waals surface area contributed by atoms with E-state index in [0.717, 1.165) is 0 Å². The summed E-state index contributed by atoms with van der Waals surface area (Å²) in [6, 6.07) is 0. The first-order valence-electron chi connectivity index (χ1n) is 2.07. The summed E-state index contributed by atoms with van der Waals surface area (Å²) in [6.45, 7) is 3.15. The standard InChI is InChI=1S/C4H10FPS/c1-4(2,5)3-7-6/h3,6H2,1-2H3. The lowest BCUT2D eigenvalue weighted by Gasteiger charge is -2.09. The maximum absolute atomic E-state index is 12.4. The molecule has 0 fully saturated rings. The highest BCUT2D eigenvalue weighted by atomic mass is 32.7. The van der Waals surface area contributed by atoms with E-state index in [0.29, 0.717) is 5.75 Å². The van der Waals surface area contributed by atoms with Crippen molar-refractivity contribution in [3.8, 4) is 0 Å². The molecule has 1 unspecified atom stereocenters. The van der Waals surface area contributed by atoms with E-state index in [2.05, 4.69) is 8.44 Å². The van der Waals surface area contributed by atoms with E-state index in [1.807, 2.05) is 0 Å². The first-order valence-corrected chi connectivity index (χ1v) is 4.53. The predicted molar refractivity (Wildman–Crippen MR) is 37.4 cm³/mol. The van der Waals surface area contributed by atoms with Crippen molar-refractivity contribution in [3.05, 3.63) is 0 Å². The number of hydrogen-bond acceptors (Lipinski definition) is 1. The Hall–Kier alpha value is 0.710. The van der Waals surface area contributed by atoms with Gasteiger partial charge in [0.2, 0.25) is 0 Å². The molecule has 0 heterocycles. The Morgan fingerprint density at radius 2 is 2.14 bits per heavy atom. The molecule has 1 atom stereocenters. The molecule has 0 aromatic heterocycles. The smallest absolute Gasteiger partial charge is 0.114 e. The fraction of sp³-hybridized carbons (Fsp3) is 1.00. The van der Waals surface area contributed by atoms with Crippen LogP contribution >= 0.6 is 19.8 Å². The fourth-order valence-corrected chi connectivity index (χ4v) is 1.78. The topological polar surface area (TPSA) is 0 Å². The summed E-state index contributed by atoms with van der Waals surface area (Å²) in [5.74, 6) is 0.553. The molecule has 0 amide bonds. The lowest BCUT2D eigenvalue weighted by Crippen LogP contribution is -2.13. The van der Waals surface area contributed by atoms with Crippen LogP contribution in [0.25, 0.3) is 0 Å². The van der Waals surface area contributed by atoms with Gasteiger partial charge in [0.25, 0.3) is 0 Å². The van der Waals surface area contributed by atoms with Crippen LogP contribution in [0.3, 0.4) is 0 Å². The summed E-state index contributed by atoms with van der Waals surface area (Å²) in [5, 5.41) is 0. The number of alkyl halides is 1. The normalized spacial score (nSPS) is 12.0. The Morgan fingerprint density at radius 1 is 1.71 bits per heavy atom. The first kappa shape index (κ1) is 7.71. The summed E-state index contributed by atoms with van der Waals surface area (Å²) in [7, 11) is 2.42. The highest BCUT2D eigenvalue weighted by Gasteiger charge is 2.12. The van der Waals surface area contributed by atoms with Crippen LogP contribution < -0.4 is 0 Å². The van der Waals surface area contributed by atoms with E-state index >= 15 is 0 Å². The summed E-state index contributed by atoms with van der Waals surface area (Å²) in [6.07, 6.45) is 0. The van der Waals surface area contributed by atoms with Gasteiger partial charge in [0.1, 0.15) is 5.67 Å². The molecule has 0 aliphatic carbocycles. The Morgan fingerprint density at radius 3 is 2.14 bits per heavy atom. The lowest BCUT2D eigenvalue weighted by molar-refractivity contribution is 0.253. The van der Waals surface area contributed by atoms with E-state index < -0.39 is 5.67 Å². The van der Waals surface area contributed by atoms with Crippen LogP contribution in [-0.4, -0.2) is 11.4 Å². The van der Waals surface area contributed by atoms with Gasteiger partial charge < -0.3 is 0 Å². The highest BCUT2D eigenvalue weighted by Crippen LogP contribution is 2.20. The molecule has 0 aromatic rings. The molecular formula is C4H10FPS. The average Bonchev–Trinajstić information content (AvgIpc) is 1.30. The van der Waals surface area contributed by atoms with Crippen molar-refractivity contribution in [2.24, 2.45) is 0 Å². The minimum absolute atomic E-state index is 0.553. The minimum atomic E-state index is -1.01.